The van der Waals surface area contributed by atoms with Crippen LogP contribution in [0.3, 0.4) is 0 Å². The average Bonchev–Trinajstić information content (AvgIpc) is 3.23. The number of pyridine rings is 1. The van der Waals surface area contributed by atoms with E-state index in [2.05, 4.69) is 10.1 Å². The van der Waals surface area contributed by atoms with Gasteiger partial charge in [-0.25, -0.2) is 8.78 Å². The number of fused-ring (bicyclic) bond motifs is 2. The molecule has 2 aromatic carbocycles. The van der Waals surface area contributed by atoms with Gasteiger partial charge in [0.05, 0.1) is 29.9 Å². The fourth-order valence-corrected chi connectivity index (χ4v) is 3.75. The van der Waals surface area contributed by atoms with Crippen molar-refractivity contribution in [3.05, 3.63) is 83.3 Å². The van der Waals surface area contributed by atoms with Gasteiger partial charge in [0.25, 0.3) is 5.91 Å². The Hall–Kier alpha value is -3.61. The van der Waals surface area contributed by atoms with Gasteiger partial charge in [0, 0.05) is 30.4 Å². The molecule has 1 amide bonds. The van der Waals surface area contributed by atoms with E-state index in [9.17, 15) is 13.6 Å². The minimum absolute atomic E-state index is 0.127. The molecule has 3 heterocycles. The number of nitrogens with zero attached hydrogens (tertiary/aromatic N) is 4. The lowest BCUT2D eigenvalue weighted by molar-refractivity contribution is 0.0763. The molecule has 0 radical (unpaired) electrons. The maximum atomic E-state index is 14.8. The Kier molecular flexibility index (Phi) is 3.91. The van der Waals surface area contributed by atoms with Gasteiger partial charge >= 0.3 is 0 Å². The standard InChI is InChI=1S/C22H16F2N4O/c1-27-10-15-7-13(4-5-20(15)26-27)14-8-18(23)17(19(24)9-14)11-28-12-21-16(22(28)29)3-2-6-25-21/h2-10H,11-12H2,1H3. The van der Waals surface area contributed by atoms with E-state index in [-0.39, 0.29) is 24.6 Å². The summed E-state index contributed by atoms with van der Waals surface area (Å²) in [7, 11) is 1.82. The number of hydrogen-bond donors (Lipinski definition) is 0. The Morgan fingerprint density at radius 1 is 1.07 bits per heavy atom. The van der Waals surface area contributed by atoms with E-state index >= 15 is 0 Å². The van der Waals surface area contributed by atoms with Crippen LogP contribution < -0.4 is 0 Å². The van der Waals surface area contributed by atoms with Gasteiger partial charge in [-0.05, 0) is 47.5 Å². The number of aromatic nitrogens is 3. The maximum absolute atomic E-state index is 14.8. The number of benzene rings is 2. The summed E-state index contributed by atoms with van der Waals surface area (Å²) in [6, 6.07) is 11.4. The minimum atomic E-state index is -0.678. The Labute approximate surface area is 165 Å². The first-order chi connectivity index (χ1) is 14.0. The maximum Gasteiger partial charge on any atom is 0.256 e. The summed E-state index contributed by atoms with van der Waals surface area (Å²) in [5, 5.41) is 5.20. The van der Waals surface area contributed by atoms with E-state index in [4.69, 9.17) is 0 Å². The van der Waals surface area contributed by atoms with Crippen molar-refractivity contribution in [3.8, 4) is 11.1 Å². The molecule has 5 nitrogen and oxygen atoms in total. The number of carbonyl (C=O) groups excluding carboxylic acids is 1. The number of rotatable bonds is 3. The number of aryl methyl sites for hydroxylation is 1. The van der Waals surface area contributed by atoms with E-state index in [0.717, 1.165) is 10.9 Å². The van der Waals surface area contributed by atoms with Crippen molar-refractivity contribution in [2.45, 2.75) is 13.1 Å². The summed E-state index contributed by atoms with van der Waals surface area (Å²) in [6.45, 7) is 0.0993. The summed E-state index contributed by atoms with van der Waals surface area (Å²) >= 11 is 0. The zero-order chi connectivity index (χ0) is 20.1. The monoisotopic (exact) mass is 390 g/mol. The van der Waals surface area contributed by atoms with Crippen molar-refractivity contribution in [1.82, 2.24) is 19.7 Å². The topological polar surface area (TPSA) is 51.0 Å². The van der Waals surface area contributed by atoms with Crippen molar-refractivity contribution < 1.29 is 13.6 Å². The molecule has 144 valence electrons. The van der Waals surface area contributed by atoms with Crippen LogP contribution in [-0.2, 0) is 20.1 Å². The molecule has 0 bridgehead atoms. The normalized spacial score (nSPS) is 13.3. The molecule has 0 saturated carbocycles. The van der Waals surface area contributed by atoms with Gasteiger partial charge in [0.1, 0.15) is 11.6 Å². The van der Waals surface area contributed by atoms with Gasteiger partial charge in [0.2, 0.25) is 0 Å². The van der Waals surface area contributed by atoms with Crippen LogP contribution >= 0.6 is 0 Å². The third kappa shape index (κ3) is 2.95. The first-order valence-corrected chi connectivity index (χ1v) is 9.14. The van der Waals surface area contributed by atoms with Crippen LogP contribution in [-0.4, -0.2) is 25.6 Å². The third-order valence-corrected chi connectivity index (χ3v) is 5.19. The summed E-state index contributed by atoms with van der Waals surface area (Å²) in [5.74, 6) is -1.62. The molecule has 1 aliphatic heterocycles. The molecule has 1 aliphatic rings. The van der Waals surface area contributed by atoms with E-state index in [1.165, 1.54) is 17.0 Å². The molecule has 5 rings (SSSR count). The highest BCUT2D eigenvalue weighted by Gasteiger charge is 2.29. The van der Waals surface area contributed by atoms with Crippen LogP contribution in [0, 0.1) is 11.6 Å². The zero-order valence-electron chi connectivity index (χ0n) is 15.6. The number of halogens is 2. The Balaban J connectivity index is 1.46. The van der Waals surface area contributed by atoms with E-state index in [0.29, 0.717) is 22.4 Å². The molecule has 2 aromatic heterocycles. The Bertz CT molecular complexity index is 1260. The Morgan fingerprint density at radius 2 is 1.86 bits per heavy atom. The number of hydrogen-bond acceptors (Lipinski definition) is 3. The molecular weight excluding hydrogens is 374 g/mol. The predicted octanol–water partition coefficient (Wildman–Crippen LogP) is 4.07. The van der Waals surface area contributed by atoms with Gasteiger partial charge in [0.15, 0.2) is 0 Å². The van der Waals surface area contributed by atoms with Gasteiger partial charge in [-0.3, -0.25) is 14.5 Å². The predicted molar refractivity (Wildman–Crippen MR) is 104 cm³/mol. The van der Waals surface area contributed by atoms with Crippen LogP contribution in [0.15, 0.2) is 54.9 Å². The molecule has 0 aliphatic carbocycles. The second-order valence-corrected chi connectivity index (χ2v) is 7.15. The lowest BCUT2D eigenvalue weighted by Crippen LogP contribution is -2.24. The average molecular weight is 390 g/mol. The first kappa shape index (κ1) is 17.5. The Morgan fingerprint density at radius 3 is 2.62 bits per heavy atom. The molecule has 0 spiro atoms. The smallest absolute Gasteiger partial charge is 0.256 e. The number of amides is 1. The highest BCUT2D eigenvalue weighted by Crippen LogP contribution is 2.29. The summed E-state index contributed by atoms with van der Waals surface area (Å²) in [5.41, 5.74) is 2.93. The van der Waals surface area contributed by atoms with Crippen LogP contribution in [0.5, 0.6) is 0 Å². The lowest BCUT2D eigenvalue weighted by atomic mass is 10.0. The molecule has 7 heteroatoms. The van der Waals surface area contributed by atoms with Crippen LogP contribution in [0.4, 0.5) is 8.78 Å². The van der Waals surface area contributed by atoms with E-state index in [1.807, 2.05) is 25.4 Å². The molecule has 0 saturated heterocycles. The minimum Gasteiger partial charge on any atom is -0.328 e. The summed E-state index contributed by atoms with van der Waals surface area (Å²) in [4.78, 5) is 18.0. The van der Waals surface area contributed by atoms with E-state index < -0.39 is 11.6 Å². The first-order valence-electron chi connectivity index (χ1n) is 9.14. The van der Waals surface area contributed by atoms with Crippen LogP contribution in [0.25, 0.3) is 22.0 Å². The van der Waals surface area contributed by atoms with Gasteiger partial charge in [-0.15, -0.1) is 0 Å². The third-order valence-electron chi connectivity index (χ3n) is 5.19. The fraction of sp³-hybridized carbons (Fsp3) is 0.136. The summed E-state index contributed by atoms with van der Waals surface area (Å²) < 4.78 is 31.3. The molecule has 0 fully saturated rings. The molecule has 0 unspecified atom stereocenters. The number of carbonyl (C=O) groups is 1. The highest BCUT2D eigenvalue weighted by atomic mass is 19.1. The van der Waals surface area contributed by atoms with Crippen LogP contribution in [0.1, 0.15) is 21.6 Å². The summed E-state index contributed by atoms with van der Waals surface area (Å²) in [6.07, 6.45) is 3.45. The van der Waals surface area contributed by atoms with Crippen molar-refractivity contribution in [2.75, 3.05) is 0 Å². The van der Waals surface area contributed by atoms with Gasteiger partial charge in [-0.2, -0.15) is 5.10 Å². The quantitative estimate of drug-likeness (QED) is 0.530. The zero-order valence-corrected chi connectivity index (χ0v) is 15.6. The van der Waals surface area contributed by atoms with Crippen molar-refractivity contribution >= 4 is 16.8 Å². The highest BCUT2D eigenvalue weighted by molar-refractivity contribution is 5.97. The fourth-order valence-electron chi connectivity index (χ4n) is 3.75. The SMILES string of the molecule is Cn1cc2cc(-c3cc(F)c(CN4Cc5ncccc5C4=O)c(F)c3)ccc2n1. The second-order valence-electron chi connectivity index (χ2n) is 7.15. The van der Waals surface area contributed by atoms with Crippen LogP contribution in [0.2, 0.25) is 0 Å². The molecular formula is C22H16F2N4O. The van der Waals surface area contributed by atoms with E-state index in [1.54, 1.807) is 29.1 Å². The van der Waals surface area contributed by atoms with Crippen molar-refractivity contribution in [3.63, 3.8) is 0 Å². The molecule has 4 aromatic rings. The molecule has 0 atom stereocenters. The lowest BCUT2D eigenvalue weighted by Gasteiger charge is -2.17. The van der Waals surface area contributed by atoms with Gasteiger partial charge in [-0.1, -0.05) is 6.07 Å². The van der Waals surface area contributed by atoms with Gasteiger partial charge < -0.3 is 4.90 Å². The molecule has 29 heavy (non-hydrogen) atoms. The van der Waals surface area contributed by atoms with Crippen molar-refractivity contribution in [2.24, 2.45) is 7.05 Å². The largest absolute Gasteiger partial charge is 0.328 e. The molecule has 0 N–H and O–H groups in total. The van der Waals surface area contributed by atoms with Crippen molar-refractivity contribution in [1.29, 1.82) is 0 Å². The second kappa shape index (κ2) is 6.48.